The fourth-order valence-corrected chi connectivity index (χ4v) is 3.08. The molecule has 0 spiro atoms. The van der Waals surface area contributed by atoms with Gasteiger partial charge < -0.3 is 0 Å². The van der Waals surface area contributed by atoms with Crippen molar-refractivity contribution in [3.8, 4) is 6.07 Å². The van der Waals surface area contributed by atoms with Crippen molar-refractivity contribution in [2.45, 2.75) is 23.5 Å². The SMILES string of the molecule is CCC(C#N)S(=O)(=O)Nc1ccc(S(N)(=O)=O)cc1F. The zero-order valence-corrected chi connectivity index (χ0v) is 12.0. The third-order valence-corrected chi connectivity index (χ3v) is 5.01. The van der Waals surface area contributed by atoms with E-state index in [1.54, 1.807) is 6.07 Å². The highest BCUT2D eigenvalue weighted by Crippen LogP contribution is 2.20. The van der Waals surface area contributed by atoms with E-state index in [0.29, 0.717) is 6.07 Å². The summed E-state index contributed by atoms with van der Waals surface area (Å²) < 4.78 is 61.1. The summed E-state index contributed by atoms with van der Waals surface area (Å²) in [5, 5.41) is 12.2. The van der Waals surface area contributed by atoms with E-state index in [-0.39, 0.29) is 6.42 Å². The molecular weight excluding hydrogens is 309 g/mol. The first-order valence-corrected chi connectivity index (χ1v) is 8.44. The molecule has 0 fully saturated rings. The Bertz CT molecular complexity index is 753. The summed E-state index contributed by atoms with van der Waals surface area (Å²) >= 11 is 0. The Morgan fingerprint density at radius 3 is 2.40 bits per heavy atom. The van der Waals surface area contributed by atoms with Crippen molar-refractivity contribution < 1.29 is 21.2 Å². The summed E-state index contributed by atoms with van der Waals surface area (Å²) in [6, 6.07) is 4.07. The highest BCUT2D eigenvalue weighted by atomic mass is 32.2. The monoisotopic (exact) mass is 321 g/mol. The van der Waals surface area contributed by atoms with Crippen molar-refractivity contribution in [3.05, 3.63) is 24.0 Å². The summed E-state index contributed by atoms with van der Waals surface area (Å²) in [5.74, 6) is -1.10. The number of nitrogens with zero attached hydrogens (tertiary/aromatic N) is 1. The quantitative estimate of drug-likeness (QED) is 0.816. The van der Waals surface area contributed by atoms with Gasteiger partial charge in [-0.05, 0) is 24.6 Å². The number of hydrogen-bond acceptors (Lipinski definition) is 5. The Labute approximate surface area is 116 Å². The standard InChI is InChI=1S/C10H12FN3O4S2/c1-2-7(6-12)20(17,18)14-10-4-3-8(5-9(10)11)19(13,15)16/h3-5,7,14H,2H2,1H3,(H2,13,15,16). The first-order chi connectivity index (χ1) is 9.11. The predicted molar refractivity (Wildman–Crippen MR) is 70.0 cm³/mol. The molecule has 1 aromatic rings. The molecule has 0 saturated heterocycles. The Kier molecular flexibility index (Phi) is 4.69. The minimum absolute atomic E-state index is 0.0305. The van der Waals surface area contributed by atoms with Crippen LogP contribution in [0.4, 0.5) is 10.1 Å². The zero-order chi connectivity index (χ0) is 15.6. The summed E-state index contributed by atoms with van der Waals surface area (Å²) in [7, 11) is -8.16. The van der Waals surface area contributed by atoms with Crippen LogP contribution < -0.4 is 9.86 Å². The first-order valence-electron chi connectivity index (χ1n) is 5.35. The van der Waals surface area contributed by atoms with Crippen molar-refractivity contribution in [2.24, 2.45) is 5.14 Å². The van der Waals surface area contributed by atoms with Gasteiger partial charge >= 0.3 is 0 Å². The minimum Gasteiger partial charge on any atom is -0.279 e. The summed E-state index contributed by atoms with van der Waals surface area (Å²) in [5.41, 5.74) is -0.453. The van der Waals surface area contributed by atoms with Gasteiger partial charge in [-0.3, -0.25) is 4.72 Å². The van der Waals surface area contributed by atoms with Crippen LogP contribution in [0.15, 0.2) is 23.1 Å². The predicted octanol–water partition coefficient (Wildman–Crippen LogP) is 0.517. The van der Waals surface area contributed by atoms with Gasteiger partial charge in [0.2, 0.25) is 20.0 Å². The molecule has 10 heteroatoms. The van der Waals surface area contributed by atoms with E-state index in [1.807, 2.05) is 4.72 Å². The van der Waals surface area contributed by atoms with Gasteiger partial charge in [0.25, 0.3) is 0 Å². The lowest BCUT2D eigenvalue weighted by molar-refractivity contribution is 0.589. The molecule has 7 nitrogen and oxygen atoms in total. The fraction of sp³-hybridized carbons (Fsp3) is 0.300. The van der Waals surface area contributed by atoms with Gasteiger partial charge in [0.05, 0.1) is 16.7 Å². The van der Waals surface area contributed by atoms with Crippen LogP contribution in [0.3, 0.4) is 0 Å². The maximum atomic E-state index is 13.7. The third kappa shape index (κ3) is 3.66. The number of nitriles is 1. The van der Waals surface area contributed by atoms with Crippen molar-refractivity contribution in [2.75, 3.05) is 4.72 Å². The maximum Gasteiger partial charge on any atom is 0.249 e. The number of halogens is 1. The van der Waals surface area contributed by atoms with Gasteiger partial charge in [0.15, 0.2) is 5.25 Å². The second-order valence-electron chi connectivity index (χ2n) is 3.86. The Balaban J connectivity index is 3.16. The molecule has 0 aliphatic heterocycles. The van der Waals surface area contributed by atoms with Crippen LogP contribution >= 0.6 is 0 Å². The summed E-state index contributed by atoms with van der Waals surface area (Å²) in [6.45, 7) is 1.49. The van der Waals surface area contributed by atoms with Crippen LogP contribution in [0, 0.1) is 17.1 Å². The molecule has 1 atom stereocenters. The lowest BCUT2D eigenvalue weighted by atomic mass is 10.3. The van der Waals surface area contributed by atoms with E-state index >= 15 is 0 Å². The molecule has 0 amide bonds. The smallest absolute Gasteiger partial charge is 0.249 e. The fourth-order valence-electron chi connectivity index (χ4n) is 1.36. The molecule has 0 aromatic heterocycles. The third-order valence-electron chi connectivity index (χ3n) is 2.41. The van der Waals surface area contributed by atoms with Gasteiger partial charge in [-0.25, -0.2) is 26.4 Å². The van der Waals surface area contributed by atoms with Crippen LogP contribution in [-0.2, 0) is 20.0 Å². The number of nitrogens with two attached hydrogens (primary N) is 1. The molecule has 1 rings (SSSR count). The van der Waals surface area contributed by atoms with E-state index in [2.05, 4.69) is 0 Å². The van der Waals surface area contributed by atoms with Crippen LogP contribution in [0.1, 0.15) is 13.3 Å². The van der Waals surface area contributed by atoms with Crippen molar-refractivity contribution in [3.63, 3.8) is 0 Å². The number of benzene rings is 1. The van der Waals surface area contributed by atoms with Gasteiger partial charge in [-0.15, -0.1) is 0 Å². The molecule has 0 radical (unpaired) electrons. The van der Waals surface area contributed by atoms with Gasteiger partial charge in [0.1, 0.15) is 5.82 Å². The van der Waals surface area contributed by atoms with Crippen molar-refractivity contribution >= 4 is 25.7 Å². The molecule has 1 unspecified atom stereocenters. The second kappa shape index (κ2) is 5.74. The number of rotatable bonds is 5. The Morgan fingerprint density at radius 2 is 2.00 bits per heavy atom. The molecule has 20 heavy (non-hydrogen) atoms. The van der Waals surface area contributed by atoms with E-state index in [9.17, 15) is 21.2 Å². The molecule has 0 saturated carbocycles. The van der Waals surface area contributed by atoms with Crippen LogP contribution in [0.25, 0.3) is 0 Å². The van der Waals surface area contributed by atoms with E-state index in [0.717, 1.165) is 12.1 Å². The molecular formula is C10H12FN3O4S2. The molecule has 0 bridgehead atoms. The van der Waals surface area contributed by atoms with Crippen molar-refractivity contribution in [1.82, 2.24) is 0 Å². The van der Waals surface area contributed by atoms with E-state index in [1.165, 1.54) is 6.92 Å². The lowest BCUT2D eigenvalue weighted by Gasteiger charge is -2.12. The first kappa shape index (κ1) is 16.4. The topological polar surface area (TPSA) is 130 Å². The van der Waals surface area contributed by atoms with Crippen LogP contribution in [0.2, 0.25) is 0 Å². The van der Waals surface area contributed by atoms with Crippen molar-refractivity contribution in [1.29, 1.82) is 5.26 Å². The largest absolute Gasteiger partial charge is 0.279 e. The molecule has 110 valence electrons. The minimum atomic E-state index is -4.08. The average molecular weight is 321 g/mol. The summed E-state index contributed by atoms with van der Waals surface area (Å²) in [6.07, 6.45) is 0.0305. The zero-order valence-electron chi connectivity index (χ0n) is 10.4. The maximum absolute atomic E-state index is 13.7. The highest BCUT2D eigenvalue weighted by molar-refractivity contribution is 7.93. The molecule has 0 aliphatic carbocycles. The number of sulfonamides is 2. The Morgan fingerprint density at radius 1 is 1.40 bits per heavy atom. The van der Waals surface area contributed by atoms with E-state index < -0.39 is 41.7 Å². The second-order valence-corrected chi connectivity index (χ2v) is 7.28. The molecule has 0 aliphatic rings. The number of hydrogen-bond donors (Lipinski definition) is 2. The van der Waals surface area contributed by atoms with Gasteiger partial charge in [0, 0.05) is 0 Å². The van der Waals surface area contributed by atoms with E-state index in [4.69, 9.17) is 10.4 Å². The Hall–Kier alpha value is -1.70. The number of nitrogens with one attached hydrogen (secondary N) is 1. The molecule has 3 N–H and O–H groups in total. The lowest BCUT2D eigenvalue weighted by Crippen LogP contribution is -2.26. The normalized spacial score (nSPS) is 13.5. The number of anilines is 1. The van der Waals surface area contributed by atoms with Crippen LogP contribution in [0.5, 0.6) is 0 Å². The molecule has 0 heterocycles. The highest BCUT2D eigenvalue weighted by Gasteiger charge is 2.24. The summed E-state index contributed by atoms with van der Waals surface area (Å²) in [4.78, 5) is -0.481. The molecule has 1 aromatic carbocycles. The van der Waals surface area contributed by atoms with Crippen LogP contribution in [-0.4, -0.2) is 22.1 Å². The average Bonchev–Trinajstić information content (AvgIpc) is 2.31. The van der Waals surface area contributed by atoms with Gasteiger partial charge in [-0.1, -0.05) is 6.92 Å². The van der Waals surface area contributed by atoms with Gasteiger partial charge in [-0.2, -0.15) is 5.26 Å². The number of primary sulfonamides is 1.